The molecule has 0 fully saturated rings. The smallest absolute Gasteiger partial charge is 0.195 e. The second-order valence-electron chi connectivity index (χ2n) is 1.91. The molecule has 0 bridgehead atoms. The Morgan fingerprint density at radius 1 is 1.78 bits per heavy atom. The quantitative estimate of drug-likeness (QED) is 0.488. The van der Waals surface area contributed by atoms with Gasteiger partial charge in [-0.15, -0.1) is 0 Å². The van der Waals surface area contributed by atoms with E-state index in [1.54, 1.807) is 0 Å². The molecule has 4 nitrogen and oxygen atoms in total. The number of nitrogens with zero attached hydrogens (tertiary/aromatic N) is 1. The Kier molecular flexibility index (Phi) is 1.32. The lowest BCUT2D eigenvalue weighted by Crippen LogP contribution is -2.12. The lowest BCUT2D eigenvalue weighted by Gasteiger charge is -1.89. The molecule has 9 heavy (non-hydrogen) atoms. The Hall–Kier alpha value is -0.420. The van der Waals surface area contributed by atoms with Crippen LogP contribution in [0.1, 0.15) is 6.92 Å². The van der Waals surface area contributed by atoms with Crippen molar-refractivity contribution in [2.75, 3.05) is 5.75 Å². The monoisotopic (exact) mass is 149 g/mol. The molecule has 0 amide bonds. The summed E-state index contributed by atoms with van der Waals surface area (Å²) in [5, 5.41) is 8.71. The zero-order valence-electron chi connectivity index (χ0n) is 4.90. The highest BCUT2D eigenvalue weighted by molar-refractivity contribution is 8.06. The molecule has 5 heteroatoms. The fraction of sp³-hybridized carbons (Fsp3) is 0.750. The van der Waals surface area contributed by atoms with Crippen LogP contribution in [0.25, 0.3) is 0 Å². The van der Waals surface area contributed by atoms with Gasteiger partial charge in [0.2, 0.25) is 0 Å². The van der Waals surface area contributed by atoms with Crippen molar-refractivity contribution in [3.63, 3.8) is 0 Å². The molecule has 1 heterocycles. The summed E-state index contributed by atoms with van der Waals surface area (Å²) < 4.78 is 21.4. The van der Waals surface area contributed by atoms with E-state index in [9.17, 15) is 8.42 Å². The zero-order chi connectivity index (χ0) is 7.07. The zero-order valence-corrected chi connectivity index (χ0v) is 5.72. The van der Waals surface area contributed by atoms with Gasteiger partial charge < -0.3 is 5.11 Å². The molecule has 1 unspecified atom stereocenters. The molecular formula is C4H7NO3S. The van der Waals surface area contributed by atoms with Gasteiger partial charge >= 0.3 is 0 Å². The predicted octanol–water partition coefficient (Wildman–Crippen LogP) is -0.848. The summed E-state index contributed by atoms with van der Waals surface area (Å²) in [5.74, 6) is -0.251. The second-order valence-corrected chi connectivity index (χ2v) is 4.06. The summed E-state index contributed by atoms with van der Waals surface area (Å²) in [7, 11) is -3.17. The van der Waals surface area contributed by atoms with E-state index >= 15 is 0 Å². The topological polar surface area (TPSA) is 66.7 Å². The van der Waals surface area contributed by atoms with Crippen LogP contribution in [0.15, 0.2) is 4.99 Å². The van der Waals surface area contributed by atoms with Crippen LogP contribution in [0.5, 0.6) is 0 Å². The van der Waals surface area contributed by atoms with E-state index in [2.05, 4.69) is 4.99 Å². The molecule has 52 valence electrons. The third-order valence-corrected chi connectivity index (χ3v) is 2.89. The average molecular weight is 149 g/mol. The summed E-state index contributed by atoms with van der Waals surface area (Å²) in [6.07, 6.45) is -1.03. The molecule has 0 spiro atoms. The van der Waals surface area contributed by atoms with Crippen LogP contribution in [0.4, 0.5) is 0 Å². The molecule has 1 atom stereocenters. The van der Waals surface area contributed by atoms with E-state index in [-0.39, 0.29) is 10.8 Å². The van der Waals surface area contributed by atoms with Gasteiger partial charge in [-0.05, 0) is 6.92 Å². The summed E-state index contributed by atoms with van der Waals surface area (Å²) in [6, 6.07) is 0. The van der Waals surface area contributed by atoms with Gasteiger partial charge in [0.1, 0.15) is 10.8 Å². The van der Waals surface area contributed by atoms with Gasteiger partial charge in [0.25, 0.3) is 0 Å². The van der Waals surface area contributed by atoms with Crippen LogP contribution in [-0.2, 0) is 9.84 Å². The molecule has 0 saturated heterocycles. The minimum absolute atomic E-state index is 0.0370. The van der Waals surface area contributed by atoms with Crippen LogP contribution in [-0.4, -0.2) is 30.5 Å². The first kappa shape index (κ1) is 6.70. The number of hydrogen-bond acceptors (Lipinski definition) is 4. The highest BCUT2D eigenvalue weighted by Gasteiger charge is 2.26. The van der Waals surface area contributed by atoms with E-state index in [1.165, 1.54) is 6.92 Å². The van der Waals surface area contributed by atoms with Crippen molar-refractivity contribution < 1.29 is 13.5 Å². The number of aliphatic imine (C=N–C) groups is 1. The van der Waals surface area contributed by atoms with Crippen LogP contribution in [0.3, 0.4) is 0 Å². The van der Waals surface area contributed by atoms with Gasteiger partial charge in [-0.1, -0.05) is 0 Å². The Labute approximate surface area is 53.1 Å². The van der Waals surface area contributed by atoms with Crippen molar-refractivity contribution in [3.05, 3.63) is 0 Å². The van der Waals surface area contributed by atoms with Gasteiger partial charge in [0, 0.05) is 0 Å². The van der Waals surface area contributed by atoms with Crippen LogP contribution in [0.2, 0.25) is 0 Å². The van der Waals surface area contributed by atoms with Crippen molar-refractivity contribution in [3.8, 4) is 0 Å². The molecule has 1 N–H and O–H groups in total. The summed E-state index contributed by atoms with van der Waals surface area (Å²) in [4.78, 5) is 3.43. The fourth-order valence-corrected chi connectivity index (χ4v) is 1.63. The summed E-state index contributed by atoms with van der Waals surface area (Å²) in [6.45, 7) is 1.38. The van der Waals surface area contributed by atoms with Crippen LogP contribution >= 0.6 is 0 Å². The number of aliphatic hydroxyl groups is 1. The van der Waals surface area contributed by atoms with E-state index in [0.717, 1.165) is 0 Å². The van der Waals surface area contributed by atoms with Crippen LogP contribution < -0.4 is 0 Å². The maximum atomic E-state index is 10.7. The van der Waals surface area contributed by atoms with E-state index < -0.39 is 16.1 Å². The highest BCUT2D eigenvalue weighted by Crippen LogP contribution is 2.08. The molecule has 0 aromatic heterocycles. The molecule has 0 saturated carbocycles. The average Bonchev–Trinajstić information content (AvgIpc) is 1.79. The minimum Gasteiger partial charge on any atom is -0.371 e. The first-order valence-corrected chi connectivity index (χ1v) is 4.13. The molecule has 1 rings (SSSR count). The van der Waals surface area contributed by atoms with E-state index in [1.807, 2.05) is 0 Å². The van der Waals surface area contributed by atoms with Crippen molar-refractivity contribution in [1.29, 1.82) is 0 Å². The number of rotatable bonds is 0. The third-order valence-electron chi connectivity index (χ3n) is 1.15. The van der Waals surface area contributed by atoms with Gasteiger partial charge in [-0.25, -0.2) is 13.4 Å². The van der Waals surface area contributed by atoms with Crippen molar-refractivity contribution in [1.82, 2.24) is 0 Å². The molecule has 1 aliphatic rings. The SMILES string of the molecule is CC1=NC(O)CS1(=O)=O. The third kappa shape index (κ3) is 1.11. The molecular weight excluding hydrogens is 142 g/mol. The van der Waals surface area contributed by atoms with Gasteiger partial charge in [-0.2, -0.15) is 0 Å². The number of sulfone groups is 1. The van der Waals surface area contributed by atoms with Gasteiger partial charge in [-0.3, -0.25) is 0 Å². The van der Waals surface area contributed by atoms with Gasteiger partial charge in [0.15, 0.2) is 16.1 Å². The lowest BCUT2D eigenvalue weighted by atomic mass is 10.7. The first-order valence-electron chi connectivity index (χ1n) is 2.47. The molecule has 1 aliphatic heterocycles. The normalized spacial score (nSPS) is 32.2. The summed E-state index contributed by atoms with van der Waals surface area (Å²) >= 11 is 0. The lowest BCUT2D eigenvalue weighted by molar-refractivity contribution is 0.211. The maximum Gasteiger partial charge on any atom is 0.195 e. The first-order chi connectivity index (χ1) is 4.02. The Bertz CT molecular complexity index is 241. The molecule has 0 aromatic carbocycles. The van der Waals surface area contributed by atoms with Crippen molar-refractivity contribution in [2.45, 2.75) is 13.2 Å². The van der Waals surface area contributed by atoms with E-state index in [0.29, 0.717) is 0 Å². The van der Waals surface area contributed by atoms with Crippen molar-refractivity contribution in [2.24, 2.45) is 4.99 Å². The van der Waals surface area contributed by atoms with E-state index in [4.69, 9.17) is 5.11 Å². The van der Waals surface area contributed by atoms with Crippen LogP contribution in [0, 0.1) is 0 Å². The number of hydrogen-bond donors (Lipinski definition) is 1. The maximum absolute atomic E-state index is 10.7. The number of aliphatic hydroxyl groups excluding tert-OH is 1. The fourth-order valence-electron chi connectivity index (χ4n) is 0.644. The molecule has 0 aliphatic carbocycles. The Balaban J connectivity index is 3.04. The standard InChI is InChI=1S/C4H7NO3S/c1-3-5-4(6)2-9(3,7)8/h4,6H,2H2,1H3. The second kappa shape index (κ2) is 1.78. The van der Waals surface area contributed by atoms with Crippen molar-refractivity contribution >= 4 is 14.9 Å². The minimum atomic E-state index is -3.17. The predicted molar refractivity (Wildman–Crippen MR) is 32.9 cm³/mol. The molecule has 0 radical (unpaired) electrons. The molecule has 0 aromatic rings. The largest absolute Gasteiger partial charge is 0.371 e. The Morgan fingerprint density at radius 2 is 2.33 bits per heavy atom. The van der Waals surface area contributed by atoms with Gasteiger partial charge in [0.05, 0.1) is 0 Å². The summed E-state index contributed by atoms with van der Waals surface area (Å²) in [5.41, 5.74) is 0. The Morgan fingerprint density at radius 3 is 2.44 bits per heavy atom. The highest BCUT2D eigenvalue weighted by atomic mass is 32.2.